The summed E-state index contributed by atoms with van der Waals surface area (Å²) < 4.78 is 5.45. The summed E-state index contributed by atoms with van der Waals surface area (Å²) in [4.78, 5) is 25.6. The SMILES string of the molecule is CCCOc1nc(NC)nc(N(CC(N)=O)CC(C)C)n1. The van der Waals surface area contributed by atoms with Gasteiger partial charge in [-0.2, -0.15) is 15.0 Å². The molecule has 0 aromatic carbocycles. The zero-order valence-electron chi connectivity index (χ0n) is 13.1. The van der Waals surface area contributed by atoms with Crippen LogP contribution < -0.4 is 20.7 Å². The first-order chi connectivity index (χ1) is 9.96. The van der Waals surface area contributed by atoms with Gasteiger partial charge in [-0.15, -0.1) is 0 Å². The van der Waals surface area contributed by atoms with Gasteiger partial charge >= 0.3 is 6.01 Å². The number of hydrogen-bond donors (Lipinski definition) is 2. The zero-order chi connectivity index (χ0) is 15.8. The maximum Gasteiger partial charge on any atom is 0.323 e. The van der Waals surface area contributed by atoms with E-state index in [1.165, 1.54) is 0 Å². The summed E-state index contributed by atoms with van der Waals surface area (Å²) in [5.41, 5.74) is 5.30. The molecule has 3 N–H and O–H groups in total. The van der Waals surface area contributed by atoms with Gasteiger partial charge in [-0.25, -0.2) is 0 Å². The molecular formula is C13H24N6O2. The third kappa shape index (κ3) is 5.80. The van der Waals surface area contributed by atoms with Crippen molar-refractivity contribution in [1.29, 1.82) is 0 Å². The minimum absolute atomic E-state index is 0.0541. The van der Waals surface area contributed by atoms with Crippen molar-refractivity contribution in [2.45, 2.75) is 27.2 Å². The fourth-order valence-corrected chi connectivity index (χ4v) is 1.70. The van der Waals surface area contributed by atoms with Crippen molar-refractivity contribution in [3.05, 3.63) is 0 Å². The second-order valence-electron chi connectivity index (χ2n) is 5.08. The molecule has 0 saturated carbocycles. The Kier molecular flexibility index (Phi) is 6.64. The molecule has 1 rings (SSSR count). The highest BCUT2D eigenvalue weighted by atomic mass is 16.5. The van der Waals surface area contributed by atoms with Gasteiger partial charge in [0.15, 0.2) is 0 Å². The topological polar surface area (TPSA) is 106 Å². The van der Waals surface area contributed by atoms with Gasteiger partial charge < -0.3 is 20.7 Å². The Hall–Kier alpha value is -2.12. The summed E-state index contributed by atoms with van der Waals surface area (Å²) in [7, 11) is 1.71. The number of aromatic nitrogens is 3. The Morgan fingerprint density at radius 2 is 2.10 bits per heavy atom. The van der Waals surface area contributed by atoms with E-state index in [2.05, 4.69) is 20.3 Å². The highest BCUT2D eigenvalue weighted by molar-refractivity contribution is 5.78. The first kappa shape index (κ1) is 16.9. The molecule has 0 fully saturated rings. The van der Waals surface area contributed by atoms with E-state index in [1.54, 1.807) is 11.9 Å². The average molecular weight is 296 g/mol. The lowest BCUT2D eigenvalue weighted by molar-refractivity contribution is -0.116. The summed E-state index contributed by atoms with van der Waals surface area (Å²) in [5, 5.41) is 2.86. The predicted octanol–water partition coefficient (Wildman–Crippen LogP) is 0.650. The van der Waals surface area contributed by atoms with Crippen LogP contribution in [-0.4, -0.2) is 47.6 Å². The molecule has 1 amide bonds. The predicted molar refractivity (Wildman–Crippen MR) is 81.4 cm³/mol. The maximum absolute atomic E-state index is 11.2. The van der Waals surface area contributed by atoms with E-state index in [9.17, 15) is 4.79 Å². The molecule has 1 aromatic heterocycles. The number of rotatable bonds is 9. The van der Waals surface area contributed by atoms with E-state index in [4.69, 9.17) is 10.5 Å². The number of nitrogens with two attached hydrogens (primary N) is 1. The highest BCUT2D eigenvalue weighted by Gasteiger charge is 2.17. The van der Waals surface area contributed by atoms with Crippen LogP contribution in [0, 0.1) is 5.92 Å². The first-order valence-corrected chi connectivity index (χ1v) is 7.06. The van der Waals surface area contributed by atoms with Gasteiger partial charge in [-0.3, -0.25) is 4.79 Å². The summed E-state index contributed by atoms with van der Waals surface area (Å²) >= 11 is 0. The lowest BCUT2D eigenvalue weighted by Gasteiger charge is -2.23. The summed E-state index contributed by atoms with van der Waals surface area (Å²) in [6.07, 6.45) is 0.854. The molecule has 8 nitrogen and oxygen atoms in total. The van der Waals surface area contributed by atoms with Crippen LogP contribution in [0.25, 0.3) is 0 Å². The molecule has 0 saturated heterocycles. The largest absolute Gasteiger partial charge is 0.463 e. The average Bonchev–Trinajstić information content (AvgIpc) is 2.43. The van der Waals surface area contributed by atoms with Gasteiger partial charge in [0.25, 0.3) is 0 Å². The molecule has 0 aliphatic heterocycles. The molecule has 0 unspecified atom stereocenters. The summed E-state index contributed by atoms with van der Waals surface area (Å²) in [6, 6.07) is 0.240. The van der Waals surface area contributed by atoms with Crippen molar-refractivity contribution in [2.75, 3.05) is 37.0 Å². The molecule has 0 spiro atoms. The molecule has 0 aliphatic carbocycles. The van der Waals surface area contributed by atoms with Crippen molar-refractivity contribution >= 4 is 17.8 Å². The van der Waals surface area contributed by atoms with E-state index in [1.807, 2.05) is 20.8 Å². The van der Waals surface area contributed by atoms with Crippen molar-refractivity contribution < 1.29 is 9.53 Å². The third-order valence-corrected chi connectivity index (χ3v) is 2.48. The third-order valence-electron chi connectivity index (χ3n) is 2.48. The van der Waals surface area contributed by atoms with Gasteiger partial charge in [0, 0.05) is 13.6 Å². The second-order valence-corrected chi connectivity index (χ2v) is 5.08. The first-order valence-electron chi connectivity index (χ1n) is 7.06. The standard InChI is InChI=1S/C13H24N6O2/c1-5-6-21-13-17-11(15-4)16-12(18-13)19(7-9(2)3)8-10(14)20/h9H,5-8H2,1-4H3,(H2,14,20)(H,15,16,17,18). The second kappa shape index (κ2) is 8.23. The van der Waals surface area contributed by atoms with Crippen LogP contribution in [0.5, 0.6) is 6.01 Å². The Morgan fingerprint density at radius 3 is 2.62 bits per heavy atom. The Labute approximate surface area is 125 Å². The van der Waals surface area contributed by atoms with Gasteiger partial charge in [0.05, 0.1) is 13.2 Å². The normalized spacial score (nSPS) is 10.5. The number of amides is 1. The van der Waals surface area contributed by atoms with Crippen LogP contribution in [0.3, 0.4) is 0 Å². The molecule has 1 heterocycles. The van der Waals surface area contributed by atoms with E-state index in [0.29, 0.717) is 31.0 Å². The monoisotopic (exact) mass is 296 g/mol. The zero-order valence-corrected chi connectivity index (χ0v) is 13.1. The fourth-order valence-electron chi connectivity index (χ4n) is 1.70. The molecular weight excluding hydrogens is 272 g/mol. The Bertz CT molecular complexity index is 466. The van der Waals surface area contributed by atoms with Gasteiger partial charge in [0.1, 0.15) is 0 Å². The summed E-state index contributed by atoms with van der Waals surface area (Å²) in [6.45, 7) is 7.28. The van der Waals surface area contributed by atoms with Crippen molar-refractivity contribution in [3.8, 4) is 6.01 Å². The molecule has 1 aromatic rings. The maximum atomic E-state index is 11.2. The number of ether oxygens (including phenoxy) is 1. The van der Waals surface area contributed by atoms with Crippen LogP contribution in [0.4, 0.5) is 11.9 Å². The number of carbonyl (C=O) groups excluding carboxylic acids is 1. The van der Waals surface area contributed by atoms with Crippen LogP contribution in [0.2, 0.25) is 0 Å². The minimum Gasteiger partial charge on any atom is -0.463 e. The van der Waals surface area contributed by atoms with Crippen molar-refractivity contribution in [3.63, 3.8) is 0 Å². The smallest absolute Gasteiger partial charge is 0.323 e. The Balaban J connectivity index is 3.06. The quantitative estimate of drug-likeness (QED) is 0.689. The number of hydrogen-bond acceptors (Lipinski definition) is 7. The molecule has 0 bridgehead atoms. The van der Waals surface area contributed by atoms with Crippen LogP contribution in [0.15, 0.2) is 0 Å². The molecule has 118 valence electrons. The number of nitrogens with one attached hydrogen (secondary N) is 1. The lowest BCUT2D eigenvalue weighted by Crippen LogP contribution is -2.37. The number of primary amides is 1. The van der Waals surface area contributed by atoms with E-state index in [-0.39, 0.29) is 12.6 Å². The molecule has 0 radical (unpaired) electrons. The van der Waals surface area contributed by atoms with E-state index in [0.717, 1.165) is 6.42 Å². The molecule has 8 heteroatoms. The van der Waals surface area contributed by atoms with E-state index < -0.39 is 5.91 Å². The number of anilines is 2. The van der Waals surface area contributed by atoms with Gasteiger partial charge in [0.2, 0.25) is 17.8 Å². The fraction of sp³-hybridized carbons (Fsp3) is 0.692. The lowest BCUT2D eigenvalue weighted by atomic mass is 10.2. The molecule has 21 heavy (non-hydrogen) atoms. The van der Waals surface area contributed by atoms with Crippen molar-refractivity contribution in [1.82, 2.24) is 15.0 Å². The molecule has 0 atom stereocenters. The van der Waals surface area contributed by atoms with Crippen molar-refractivity contribution in [2.24, 2.45) is 11.7 Å². The van der Waals surface area contributed by atoms with Crippen LogP contribution in [-0.2, 0) is 4.79 Å². The number of carbonyl (C=O) groups is 1. The van der Waals surface area contributed by atoms with E-state index >= 15 is 0 Å². The number of nitrogens with zero attached hydrogens (tertiary/aromatic N) is 4. The Morgan fingerprint density at radius 1 is 1.38 bits per heavy atom. The van der Waals surface area contributed by atoms with Gasteiger partial charge in [-0.05, 0) is 12.3 Å². The summed E-state index contributed by atoms with van der Waals surface area (Å²) in [5.74, 6) is 0.676. The minimum atomic E-state index is -0.432. The van der Waals surface area contributed by atoms with Crippen LogP contribution in [0.1, 0.15) is 27.2 Å². The van der Waals surface area contributed by atoms with Crippen LogP contribution >= 0.6 is 0 Å². The van der Waals surface area contributed by atoms with Gasteiger partial charge in [-0.1, -0.05) is 20.8 Å². The highest BCUT2D eigenvalue weighted by Crippen LogP contribution is 2.16. The molecule has 0 aliphatic rings.